The van der Waals surface area contributed by atoms with Crippen LogP contribution in [0.3, 0.4) is 0 Å². The summed E-state index contributed by atoms with van der Waals surface area (Å²) in [6.07, 6.45) is 3.54. The second kappa shape index (κ2) is 9.40. The van der Waals surface area contributed by atoms with E-state index in [0.29, 0.717) is 29.3 Å². The van der Waals surface area contributed by atoms with E-state index in [2.05, 4.69) is 24.0 Å². The SMILES string of the molecule is COc1ccc(N2C(=O)c3cc(CN)ncc3C2C)cc1OC(C)CCc1ccccc1. The highest BCUT2D eigenvalue weighted by molar-refractivity contribution is 6.11. The molecule has 1 amide bonds. The fourth-order valence-electron chi connectivity index (χ4n) is 4.12. The highest BCUT2D eigenvalue weighted by Crippen LogP contribution is 2.40. The minimum atomic E-state index is -0.131. The summed E-state index contributed by atoms with van der Waals surface area (Å²) < 4.78 is 11.8. The van der Waals surface area contributed by atoms with Gasteiger partial charge in [0.15, 0.2) is 11.5 Å². The van der Waals surface area contributed by atoms with Crippen LogP contribution in [0.4, 0.5) is 5.69 Å². The molecular formula is C26H29N3O3. The van der Waals surface area contributed by atoms with Crippen LogP contribution in [0, 0.1) is 0 Å². The molecule has 1 aliphatic rings. The van der Waals surface area contributed by atoms with Crippen LogP contribution in [0.2, 0.25) is 0 Å². The minimum absolute atomic E-state index is 0.0143. The third kappa shape index (κ3) is 4.32. The van der Waals surface area contributed by atoms with Gasteiger partial charge in [0.1, 0.15) is 0 Å². The van der Waals surface area contributed by atoms with Crippen LogP contribution in [0.25, 0.3) is 0 Å². The van der Waals surface area contributed by atoms with E-state index in [0.717, 1.165) is 24.1 Å². The Hall–Kier alpha value is -3.38. The number of anilines is 1. The molecule has 0 spiro atoms. The van der Waals surface area contributed by atoms with Gasteiger partial charge >= 0.3 is 0 Å². The fraction of sp³-hybridized carbons (Fsp3) is 0.308. The molecule has 4 rings (SSSR count). The number of methoxy groups -OCH3 is 1. The normalized spacial score (nSPS) is 16.1. The van der Waals surface area contributed by atoms with Gasteiger partial charge in [0.25, 0.3) is 5.91 Å². The second-order valence-corrected chi connectivity index (χ2v) is 8.11. The lowest BCUT2D eigenvalue weighted by Gasteiger charge is -2.24. The zero-order valence-electron chi connectivity index (χ0n) is 18.7. The van der Waals surface area contributed by atoms with Gasteiger partial charge in [-0.2, -0.15) is 0 Å². The number of ether oxygens (including phenoxy) is 2. The van der Waals surface area contributed by atoms with Gasteiger partial charge in [-0.3, -0.25) is 9.78 Å². The van der Waals surface area contributed by atoms with Gasteiger partial charge in [-0.25, -0.2) is 0 Å². The molecule has 2 aromatic carbocycles. The average Bonchev–Trinajstić information content (AvgIpc) is 3.07. The Morgan fingerprint density at radius 1 is 1.12 bits per heavy atom. The first-order valence-corrected chi connectivity index (χ1v) is 10.9. The molecule has 0 fully saturated rings. The van der Waals surface area contributed by atoms with Gasteiger partial charge < -0.3 is 20.1 Å². The van der Waals surface area contributed by atoms with Crippen LogP contribution in [-0.4, -0.2) is 24.1 Å². The van der Waals surface area contributed by atoms with E-state index in [-0.39, 0.29) is 18.1 Å². The van der Waals surface area contributed by atoms with Gasteiger partial charge in [-0.15, -0.1) is 0 Å². The first-order valence-electron chi connectivity index (χ1n) is 10.9. The summed E-state index contributed by atoms with van der Waals surface area (Å²) >= 11 is 0. The number of amides is 1. The summed E-state index contributed by atoms with van der Waals surface area (Å²) in [6.45, 7) is 4.35. The number of carbonyl (C=O) groups excluding carboxylic acids is 1. The van der Waals surface area contributed by atoms with Gasteiger partial charge in [0, 0.05) is 35.6 Å². The number of aromatic nitrogens is 1. The maximum Gasteiger partial charge on any atom is 0.259 e. The lowest BCUT2D eigenvalue weighted by molar-refractivity contribution is 0.0992. The topological polar surface area (TPSA) is 77.7 Å². The molecule has 0 saturated heterocycles. The second-order valence-electron chi connectivity index (χ2n) is 8.11. The van der Waals surface area contributed by atoms with E-state index in [1.165, 1.54) is 5.56 Å². The number of rotatable bonds is 8. The van der Waals surface area contributed by atoms with Crippen LogP contribution in [0.5, 0.6) is 11.5 Å². The predicted molar refractivity (Wildman–Crippen MR) is 125 cm³/mol. The smallest absolute Gasteiger partial charge is 0.259 e. The Bertz CT molecular complexity index is 1100. The Morgan fingerprint density at radius 2 is 1.91 bits per heavy atom. The fourth-order valence-corrected chi connectivity index (χ4v) is 4.12. The molecule has 0 saturated carbocycles. The Kier molecular flexibility index (Phi) is 6.42. The number of nitrogens with two attached hydrogens (primary N) is 1. The molecule has 2 N–H and O–H groups in total. The van der Waals surface area contributed by atoms with Crippen molar-refractivity contribution in [1.82, 2.24) is 4.98 Å². The van der Waals surface area contributed by atoms with E-state index < -0.39 is 0 Å². The van der Waals surface area contributed by atoms with E-state index in [4.69, 9.17) is 15.2 Å². The number of nitrogens with zero attached hydrogens (tertiary/aromatic N) is 2. The zero-order chi connectivity index (χ0) is 22.7. The third-order valence-electron chi connectivity index (χ3n) is 5.92. The largest absolute Gasteiger partial charge is 0.493 e. The maximum atomic E-state index is 13.2. The number of carbonyl (C=O) groups is 1. The quantitative estimate of drug-likeness (QED) is 0.561. The summed E-state index contributed by atoms with van der Waals surface area (Å²) in [6, 6.07) is 17.6. The number of hydrogen-bond acceptors (Lipinski definition) is 5. The van der Waals surface area contributed by atoms with Gasteiger partial charge in [0.2, 0.25) is 0 Å². The highest BCUT2D eigenvalue weighted by atomic mass is 16.5. The Labute approximate surface area is 189 Å². The molecular weight excluding hydrogens is 402 g/mol. The van der Waals surface area contributed by atoms with Crippen LogP contribution in [0.1, 0.15) is 53.5 Å². The van der Waals surface area contributed by atoms with E-state index in [9.17, 15) is 4.79 Å². The van der Waals surface area contributed by atoms with E-state index in [1.807, 2.05) is 43.3 Å². The van der Waals surface area contributed by atoms with Crippen molar-refractivity contribution in [2.45, 2.75) is 45.4 Å². The lowest BCUT2D eigenvalue weighted by atomic mass is 10.1. The molecule has 0 bridgehead atoms. The molecule has 3 aromatic rings. The number of aryl methyl sites for hydroxylation is 1. The monoisotopic (exact) mass is 431 g/mol. The van der Waals surface area contributed by atoms with Crippen molar-refractivity contribution in [3.8, 4) is 11.5 Å². The van der Waals surface area contributed by atoms with Crippen molar-refractivity contribution in [3.63, 3.8) is 0 Å². The minimum Gasteiger partial charge on any atom is -0.493 e. The van der Waals surface area contributed by atoms with Crippen LogP contribution in [0.15, 0.2) is 60.8 Å². The third-order valence-corrected chi connectivity index (χ3v) is 5.92. The summed E-state index contributed by atoms with van der Waals surface area (Å²) in [5, 5.41) is 0. The molecule has 166 valence electrons. The van der Waals surface area contributed by atoms with Crippen LogP contribution >= 0.6 is 0 Å². The van der Waals surface area contributed by atoms with Crippen molar-refractivity contribution in [1.29, 1.82) is 0 Å². The summed E-state index contributed by atoms with van der Waals surface area (Å²) in [4.78, 5) is 19.3. The molecule has 2 unspecified atom stereocenters. The Balaban J connectivity index is 1.54. The first-order chi connectivity index (χ1) is 15.5. The molecule has 1 aromatic heterocycles. The molecule has 6 nitrogen and oxygen atoms in total. The maximum absolute atomic E-state index is 13.2. The number of fused-ring (bicyclic) bond motifs is 1. The average molecular weight is 432 g/mol. The molecule has 6 heteroatoms. The summed E-state index contributed by atoms with van der Waals surface area (Å²) in [7, 11) is 1.62. The van der Waals surface area contributed by atoms with Crippen molar-refractivity contribution >= 4 is 11.6 Å². The molecule has 0 radical (unpaired) electrons. The van der Waals surface area contributed by atoms with Crippen LogP contribution < -0.4 is 20.1 Å². The van der Waals surface area contributed by atoms with E-state index in [1.54, 1.807) is 24.3 Å². The van der Waals surface area contributed by atoms with Gasteiger partial charge in [-0.05, 0) is 50.5 Å². The lowest BCUT2D eigenvalue weighted by Crippen LogP contribution is -2.26. The molecule has 32 heavy (non-hydrogen) atoms. The standard InChI is InChI=1S/C26H29N3O3/c1-17(9-10-19-7-5-4-6-8-19)32-25-14-21(11-12-24(25)31-3)29-18(2)23-16-28-20(15-27)13-22(23)26(29)30/h4-8,11-14,16-18H,9-10,15,27H2,1-3H3. The van der Waals surface area contributed by atoms with Crippen molar-refractivity contribution < 1.29 is 14.3 Å². The number of hydrogen-bond donors (Lipinski definition) is 1. The molecule has 0 aliphatic carbocycles. The van der Waals surface area contributed by atoms with Gasteiger partial charge in [-0.1, -0.05) is 30.3 Å². The zero-order valence-corrected chi connectivity index (χ0v) is 18.7. The Morgan fingerprint density at radius 3 is 2.62 bits per heavy atom. The first kappa shape index (κ1) is 21.8. The number of benzene rings is 2. The molecule has 2 heterocycles. The predicted octanol–water partition coefficient (Wildman–Crippen LogP) is 4.67. The highest BCUT2D eigenvalue weighted by Gasteiger charge is 2.36. The van der Waals surface area contributed by atoms with Crippen molar-refractivity contribution in [3.05, 3.63) is 83.2 Å². The van der Waals surface area contributed by atoms with E-state index >= 15 is 0 Å². The van der Waals surface area contributed by atoms with Crippen molar-refractivity contribution in [2.75, 3.05) is 12.0 Å². The summed E-state index contributed by atoms with van der Waals surface area (Å²) in [5.74, 6) is 1.21. The van der Waals surface area contributed by atoms with Crippen LogP contribution in [-0.2, 0) is 13.0 Å². The molecule has 1 aliphatic heterocycles. The van der Waals surface area contributed by atoms with Crippen molar-refractivity contribution in [2.24, 2.45) is 5.73 Å². The van der Waals surface area contributed by atoms with Gasteiger partial charge in [0.05, 0.1) is 24.9 Å². The molecule has 2 atom stereocenters. The summed E-state index contributed by atoms with van der Waals surface area (Å²) in [5.41, 5.74) is 10.0. The number of pyridine rings is 1.